The number of piperazine rings is 1. The summed E-state index contributed by atoms with van der Waals surface area (Å²) in [6, 6.07) is 39.3. The van der Waals surface area contributed by atoms with Gasteiger partial charge in [-0.3, -0.25) is 9.80 Å². The molecule has 0 aromatic heterocycles. The zero-order valence-corrected chi connectivity index (χ0v) is 25.0. The van der Waals surface area contributed by atoms with Crippen LogP contribution in [-0.4, -0.2) is 59.2 Å². The van der Waals surface area contributed by atoms with Crippen LogP contribution in [0.2, 0.25) is 5.02 Å². The molecule has 5 nitrogen and oxygen atoms in total. The topological polar surface area (TPSA) is 53.0 Å². The first-order valence-electron chi connectivity index (χ1n) is 14.3. The second-order valence-electron chi connectivity index (χ2n) is 10.7. The van der Waals surface area contributed by atoms with E-state index in [4.69, 9.17) is 21.4 Å². The van der Waals surface area contributed by atoms with Crippen molar-refractivity contribution in [3.8, 4) is 5.75 Å². The van der Waals surface area contributed by atoms with Crippen LogP contribution >= 0.6 is 11.6 Å². The molecule has 1 fully saturated rings. The molecule has 0 amide bonds. The van der Waals surface area contributed by atoms with Crippen molar-refractivity contribution in [2.75, 3.05) is 32.7 Å². The molecule has 0 radical (unpaired) electrons. The van der Waals surface area contributed by atoms with E-state index in [1.54, 1.807) is 24.3 Å². The Morgan fingerprint density at radius 3 is 1.81 bits per heavy atom. The van der Waals surface area contributed by atoms with Crippen LogP contribution in [0.3, 0.4) is 0 Å². The molecule has 1 saturated heterocycles. The number of aliphatic carboxylic acids is 1. The number of hydrogen-bond acceptors (Lipinski definition) is 4. The molecule has 1 heterocycles. The first-order valence-corrected chi connectivity index (χ1v) is 14.7. The number of nitrogens with zero attached hydrogens (tertiary/aromatic N) is 2. The van der Waals surface area contributed by atoms with Crippen molar-refractivity contribution in [3.63, 3.8) is 0 Å². The summed E-state index contributed by atoms with van der Waals surface area (Å²) < 4.78 is 5.26. The van der Waals surface area contributed by atoms with Crippen molar-refractivity contribution in [1.82, 2.24) is 9.80 Å². The van der Waals surface area contributed by atoms with Gasteiger partial charge in [0.05, 0.1) is 6.04 Å². The number of benzene rings is 4. The Kier molecular flexibility index (Phi) is 11.4. The first-order chi connectivity index (χ1) is 20.3. The summed E-state index contributed by atoms with van der Waals surface area (Å²) >= 11 is 5.67. The molecule has 1 aliphatic heterocycles. The Balaban J connectivity index is 0.000000244. The van der Waals surface area contributed by atoms with Crippen LogP contribution in [-0.2, 0) is 4.79 Å². The highest BCUT2D eigenvalue weighted by Crippen LogP contribution is 2.29. The van der Waals surface area contributed by atoms with E-state index in [-0.39, 0.29) is 0 Å². The van der Waals surface area contributed by atoms with E-state index < -0.39 is 11.6 Å². The molecular formula is C36H39ClN2O3. The second kappa shape index (κ2) is 15.4. The highest BCUT2D eigenvalue weighted by atomic mass is 35.5. The molecule has 0 unspecified atom stereocenters. The summed E-state index contributed by atoms with van der Waals surface area (Å²) in [7, 11) is 0. The average molecular weight is 583 g/mol. The minimum atomic E-state index is -1.23. The molecule has 4 aromatic rings. The highest BCUT2D eigenvalue weighted by molar-refractivity contribution is 6.30. The van der Waals surface area contributed by atoms with Crippen LogP contribution in [0.5, 0.6) is 5.75 Å². The number of carboxylic acid groups (broad SMARTS) is 1. The predicted octanol–water partition coefficient (Wildman–Crippen LogP) is 7.69. The van der Waals surface area contributed by atoms with Crippen LogP contribution in [0.4, 0.5) is 0 Å². The van der Waals surface area contributed by atoms with Crippen LogP contribution < -0.4 is 4.74 Å². The first kappa shape index (κ1) is 31.0. The SMILES string of the molecule is C(=C/c1ccccc1)/CN1CCN(C(c2ccccc2)c2ccccc2)CC1.CC(C)(Oc1ccc(Cl)cc1)C(=O)O. The van der Waals surface area contributed by atoms with E-state index in [9.17, 15) is 4.79 Å². The summed E-state index contributed by atoms with van der Waals surface area (Å²) in [4.78, 5) is 15.9. The van der Waals surface area contributed by atoms with Gasteiger partial charge in [-0.05, 0) is 54.8 Å². The van der Waals surface area contributed by atoms with E-state index in [1.807, 2.05) is 0 Å². The Morgan fingerprint density at radius 1 is 0.810 bits per heavy atom. The Morgan fingerprint density at radius 2 is 1.31 bits per heavy atom. The minimum absolute atomic E-state index is 0.337. The number of carboxylic acids is 1. The zero-order chi connectivity index (χ0) is 29.8. The Labute approximate surface area is 254 Å². The van der Waals surface area contributed by atoms with E-state index in [2.05, 4.69) is 113 Å². The lowest BCUT2D eigenvalue weighted by Gasteiger charge is -2.39. The van der Waals surface area contributed by atoms with Crippen molar-refractivity contribution in [2.24, 2.45) is 0 Å². The highest BCUT2D eigenvalue weighted by Gasteiger charge is 2.29. The van der Waals surface area contributed by atoms with Gasteiger partial charge < -0.3 is 9.84 Å². The van der Waals surface area contributed by atoms with Crippen molar-refractivity contribution >= 4 is 23.6 Å². The number of ether oxygens (including phenoxy) is 1. The Hall–Kier alpha value is -3.90. The molecule has 0 spiro atoms. The van der Waals surface area contributed by atoms with Gasteiger partial charge in [-0.25, -0.2) is 4.79 Å². The maximum absolute atomic E-state index is 10.7. The smallest absolute Gasteiger partial charge is 0.347 e. The van der Waals surface area contributed by atoms with Crippen molar-refractivity contribution < 1.29 is 14.6 Å². The molecule has 6 heteroatoms. The van der Waals surface area contributed by atoms with Gasteiger partial charge in [0, 0.05) is 37.7 Å². The minimum Gasteiger partial charge on any atom is -0.478 e. The number of rotatable bonds is 9. The summed E-state index contributed by atoms with van der Waals surface area (Å²) in [5.74, 6) is -0.519. The fourth-order valence-corrected chi connectivity index (χ4v) is 4.96. The van der Waals surface area contributed by atoms with Gasteiger partial charge in [0.15, 0.2) is 5.60 Å². The lowest BCUT2D eigenvalue weighted by molar-refractivity contribution is -0.152. The normalized spacial score (nSPS) is 14.4. The molecule has 0 bridgehead atoms. The molecule has 0 atom stereocenters. The summed E-state index contributed by atoms with van der Waals surface area (Å²) in [6.45, 7) is 8.39. The van der Waals surface area contributed by atoms with Gasteiger partial charge >= 0.3 is 5.97 Å². The van der Waals surface area contributed by atoms with Gasteiger partial charge in [-0.1, -0.05) is 115 Å². The van der Waals surface area contributed by atoms with E-state index in [0.29, 0.717) is 16.8 Å². The standard InChI is InChI=1S/C26H28N2.C10H11ClO3/c1-4-11-23(12-5-1)13-10-18-27-19-21-28(22-20-27)26(24-14-6-2-7-15-24)25-16-8-3-9-17-25;1-10(2,9(12)13)14-8-5-3-7(11)4-6-8/h1-17,26H,18-22H2;3-6H,1-2H3,(H,12,13)/b13-10-;. The van der Waals surface area contributed by atoms with Gasteiger partial charge in [-0.15, -0.1) is 0 Å². The molecule has 42 heavy (non-hydrogen) atoms. The molecule has 1 aliphatic rings. The summed E-state index contributed by atoms with van der Waals surface area (Å²) in [5, 5.41) is 9.39. The largest absolute Gasteiger partial charge is 0.478 e. The summed E-state index contributed by atoms with van der Waals surface area (Å²) in [6.07, 6.45) is 4.51. The summed E-state index contributed by atoms with van der Waals surface area (Å²) in [5.41, 5.74) is 2.81. The lowest BCUT2D eigenvalue weighted by atomic mass is 9.96. The molecule has 5 rings (SSSR count). The quantitative estimate of drug-likeness (QED) is 0.219. The van der Waals surface area contributed by atoms with Crippen LogP contribution in [0.15, 0.2) is 121 Å². The maximum atomic E-state index is 10.7. The fraction of sp³-hybridized carbons (Fsp3) is 0.250. The fourth-order valence-electron chi connectivity index (χ4n) is 4.83. The molecule has 4 aromatic carbocycles. The van der Waals surface area contributed by atoms with Crippen molar-refractivity contribution in [2.45, 2.75) is 25.5 Å². The molecule has 1 N–H and O–H groups in total. The van der Waals surface area contributed by atoms with Crippen LogP contribution in [0, 0.1) is 0 Å². The van der Waals surface area contributed by atoms with Gasteiger partial charge in [0.2, 0.25) is 0 Å². The maximum Gasteiger partial charge on any atom is 0.347 e. The van der Waals surface area contributed by atoms with E-state index >= 15 is 0 Å². The third-order valence-corrected chi connectivity index (χ3v) is 7.43. The third kappa shape index (κ3) is 9.31. The van der Waals surface area contributed by atoms with Crippen LogP contribution in [0.1, 0.15) is 36.6 Å². The van der Waals surface area contributed by atoms with E-state index in [1.165, 1.54) is 30.5 Å². The zero-order valence-electron chi connectivity index (χ0n) is 24.3. The van der Waals surface area contributed by atoms with Gasteiger partial charge in [0.25, 0.3) is 0 Å². The average Bonchev–Trinajstić information content (AvgIpc) is 3.01. The number of carbonyl (C=O) groups is 1. The molecule has 0 aliphatic carbocycles. The lowest BCUT2D eigenvalue weighted by Crippen LogP contribution is -2.47. The molecular weight excluding hydrogens is 544 g/mol. The predicted molar refractivity (Wildman–Crippen MR) is 172 cm³/mol. The van der Waals surface area contributed by atoms with Crippen LogP contribution in [0.25, 0.3) is 6.08 Å². The third-order valence-electron chi connectivity index (χ3n) is 7.18. The van der Waals surface area contributed by atoms with Gasteiger partial charge in [0.1, 0.15) is 5.75 Å². The molecule has 0 saturated carbocycles. The molecule has 218 valence electrons. The van der Waals surface area contributed by atoms with Crippen molar-refractivity contribution in [1.29, 1.82) is 0 Å². The Bertz CT molecular complexity index is 1350. The second-order valence-corrected chi connectivity index (χ2v) is 11.2. The van der Waals surface area contributed by atoms with E-state index in [0.717, 1.165) is 32.7 Å². The van der Waals surface area contributed by atoms with Crippen molar-refractivity contribution in [3.05, 3.63) is 143 Å². The van der Waals surface area contributed by atoms with Gasteiger partial charge in [-0.2, -0.15) is 0 Å². The number of halogens is 1. The number of hydrogen-bond donors (Lipinski definition) is 1. The monoisotopic (exact) mass is 582 g/mol.